The third kappa shape index (κ3) is 6.86. The van der Waals surface area contributed by atoms with Gasteiger partial charge < -0.3 is 14.4 Å². The minimum Gasteiger partial charge on any atom is -0.497 e. The van der Waals surface area contributed by atoms with Gasteiger partial charge in [0.15, 0.2) is 5.82 Å². The lowest BCUT2D eigenvalue weighted by atomic mass is 9.96. The molecule has 2 aromatic rings. The van der Waals surface area contributed by atoms with E-state index in [0.29, 0.717) is 0 Å². The second-order valence-electron chi connectivity index (χ2n) is 7.30. The van der Waals surface area contributed by atoms with Crippen molar-refractivity contribution in [3.05, 3.63) is 36.2 Å². The number of amides is 1. The highest BCUT2D eigenvalue weighted by Crippen LogP contribution is 2.31. The van der Waals surface area contributed by atoms with Crippen LogP contribution in [0.25, 0.3) is 11.3 Å². The Hall–Kier alpha value is -2.28. The molecule has 31 heavy (non-hydrogen) atoms. The normalized spacial score (nSPS) is 13.9. The molecule has 1 aliphatic heterocycles. The van der Waals surface area contributed by atoms with E-state index >= 15 is 0 Å². The van der Waals surface area contributed by atoms with Crippen molar-refractivity contribution in [1.29, 1.82) is 0 Å². The van der Waals surface area contributed by atoms with E-state index in [1.54, 1.807) is 7.11 Å². The maximum atomic E-state index is 12.2. The van der Waals surface area contributed by atoms with Crippen LogP contribution in [0.3, 0.4) is 0 Å². The van der Waals surface area contributed by atoms with Crippen molar-refractivity contribution < 1.29 is 9.53 Å². The summed E-state index contributed by atoms with van der Waals surface area (Å²) >= 11 is 1.37. The number of ether oxygens (including phenoxy) is 1. The molecule has 1 aromatic carbocycles. The van der Waals surface area contributed by atoms with Gasteiger partial charge in [0.2, 0.25) is 5.91 Å². The number of rotatable bonds is 8. The first-order chi connectivity index (χ1) is 15.2. The standard InChI is InChI=1S/C22H30N4O2S.C2H6/c1-4-5-6-18-15-23-20(16-7-9-19(28-2)10-8-16)21(24-18)26-13-11-17(12-14-26)22(27)25-29-3;1-2/h7-10,15,17H,4-6,11-14H2,1-3H3,(H,25,27);1-2H3. The second-order valence-corrected chi connectivity index (χ2v) is 7.91. The second kappa shape index (κ2) is 13.2. The molecule has 6 nitrogen and oxygen atoms in total. The van der Waals surface area contributed by atoms with Gasteiger partial charge in [-0.2, -0.15) is 0 Å². The Bertz CT molecular complexity index is 806. The molecule has 1 aromatic heterocycles. The molecule has 1 amide bonds. The van der Waals surface area contributed by atoms with Crippen LogP contribution in [0.4, 0.5) is 5.82 Å². The van der Waals surface area contributed by atoms with Gasteiger partial charge in [-0.15, -0.1) is 0 Å². The number of aryl methyl sites for hydroxylation is 1. The highest BCUT2D eigenvalue weighted by molar-refractivity contribution is 7.97. The van der Waals surface area contributed by atoms with Crippen LogP contribution in [-0.2, 0) is 11.2 Å². The van der Waals surface area contributed by atoms with E-state index in [9.17, 15) is 4.79 Å². The molecule has 170 valence electrons. The van der Waals surface area contributed by atoms with Gasteiger partial charge in [0.1, 0.15) is 11.4 Å². The predicted molar refractivity (Wildman–Crippen MR) is 131 cm³/mol. The molecule has 1 N–H and O–H groups in total. The zero-order valence-corrected chi connectivity index (χ0v) is 20.3. The molecule has 3 rings (SSSR count). The Labute approximate surface area is 191 Å². The van der Waals surface area contributed by atoms with Crippen molar-refractivity contribution in [3.8, 4) is 17.0 Å². The topological polar surface area (TPSA) is 67.3 Å². The summed E-state index contributed by atoms with van der Waals surface area (Å²) in [6, 6.07) is 7.95. The van der Waals surface area contributed by atoms with Crippen molar-refractivity contribution in [3.63, 3.8) is 0 Å². The fourth-order valence-corrected chi connectivity index (χ4v) is 3.97. The Morgan fingerprint density at radius 2 is 1.90 bits per heavy atom. The number of nitrogens with zero attached hydrogens (tertiary/aromatic N) is 3. The number of unbranched alkanes of at least 4 members (excludes halogenated alkanes) is 1. The Balaban J connectivity index is 0.00000166. The fraction of sp³-hybridized carbons (Fsp3) is 0.542. The van der Waals surface area contributed by atoms with E-state index in [4.69, 9.17) is 14.7 Å². The lowest BCUT2D eigenvalue weighted by molar-refractivity contribution is -0.123. The highest BCUT2D eigenvalue weighted by atomic mass is 32.2. The predicted octanol–water partition coefficient (Wildman–Crippen LogP) is 5.13. The van der Waals surface area contributed by atoms with Gasteiger partial charge in [-0.25, -0.2) is 4.98 Å². The summed E-state index contributed by atoms with van der Waals surface area (Å²) in [5, 5.41) is 0. The van der Waals surface area contributed by atoms with Crippen LogP contribution in [-0.4, -0.2) is 42.3 Å². The molecule has 0 aliphatic carbocycles. The van der Waals surface area contributed by atoms with Crippen LogP contribution in [0.1, 0.15) is 52.1 Å². The Morgan fingerprint density at radius 1 is 1.23 bits per heavy atom. The zero-order valence-electron chi connectivity index (χ0n) is 19.5. The fourth-order valence-electron chi connectivity index (χ4n) is 3.60. The summed E-state index contributed by atoms with van der Waals surface area (Å²) in [5.41, 5.74) is 2.94. The molecule has 2 heterocycles. The molecule has 0 saturated carbocycles. The summed E-state index contributed by atoms with van der Waals surface area (Å²) in [7, 11) is 1.67. The van der Waals surface area contributed by atoms with E-state index in [-0.39, 0.29) is 11.8 Å². The lowest BCUT2D eigenvalue weighted by Gasteiger charge is -2.33. The number of benzene rings is 1. The van der Waals surface area contributed by atoms with Crippen molar-refractivity contribution in [2.75, 3.05) is 31.4 Å². The summed E-state index contributed by atoms with van der Waals surface area (Å²) in [5.74, 6) is 1.95. The van der Waals surface area contributed by atoms with Crippen molar-refractivity contribution in [2.45, 2.75) is 52.9 Å². The van der Waals surface area contributed by atoms with Crippen LogP contribution in [0.15, 0.2) is 30.5 Å². The van der Waals surface area contributed by atoms with Crippen LogP contribution in [0.5, 0.6) is 5.75 Å². The van der Waals surface area contributed by atoms with Crippen LogP contribution < -0.4 is 14.4 Å². The van der Waals surface area contributed by atoms with E-state index in [2.05, 4.69) is 16.5 Å². The average Bonchev–Trinajstić information content (AvgIpc) is 2.84. The van der Waals surface area contributed by atoms with Gasteiger partial charge in [-0.1, -0.05) is 39.1 Å². The molecule has 7 heteroatoms. The molecule has 0 bridgehead atoms. The quantitative estimate of drug-likeness (QED) is 0.569. The largest absolute Gasteiger partial charge is 0.497 e. The Morgan fingerprint density at radius 3 is 2.48 bits per heavy atom. The number of carbonyl (C=O) groups excluding carboxylic acids is 1. The summed E-state index contributed by atoms with van der Waals surface area (Å²) in [6.45, 7) is 7.80. The molecule has 0 atom stereocenters. The zero-order chi connectivity index (χ0) is 22.6. The molecule has 1 saturated heterocycles. The van der Waals surface area contributed by atoms with E-state index in [1.807, 2.05) is 50.6 Å². The minimum absolute atomic E-state index is 0.0689. The van der Waals surface area contributed by atoms with Gasteiger partial charge in [-0.05, 0) is 49.9 Å². The first kappa shape index (κ1) is 25.0. The smallest absolute Gasteiger partial charge is 0.233 e. The van der Waals surface area contributed by atoms with Crippen LogP contribution in [0, 0.1) is 5.92 Å². The first-order valence-corrected chi connectivity index (χ1v) is 12.5. The Kier molecular flexibility index (Phi) is 10.6. The van der Waals surface area contributed by atoms with Crippen molar-refractivity contribution >= 4 is 23.7 Å². The van der Waals surface area contributed by atoms with Crippen LogP contribution in [0.2, 0.25) is 0 Å². The van der Waals surface area contributed by atoms with Crippen molar-refractivity contribution in [1.82, 2.24) is 14.7 Å². The number of hydrogen-bond acceptors (Lipinski definition) is 6. The summed E-state index contributed by atoms with van der Waals surface area (Å²) in [6.07, 6.45) is 8.61. The van der Waals surface area contributed by atoms with Gasteiger partial charge in [0, 0.05) is 37.0 Å². The first-order valence-electron chi connectivity index (χ1n) is 11.2. The number of aromatic nitrogens is 2. The summed E-state index contributed by atoms with van der Waals surface area (Å²) in [4.78, 5) is 24.2. The molecule has 1 fully saturated rings. The number of methoxy groups -OCH3 is 1. The SMILES string of the molecule is CC.CCCCc1cnc(-c2ccc(OC)cc2)c(N2CCC(C(=O)NSC)CC2)n1. The third-order valence-corrected chi connectivity index (χ3v) is 5.73. The minimum atomic E-state index is 0.0689. The number of anilines is 1. The van der Waals surface area contributed by atoms with Gasteiger partial charge >= 0.3 is 0 Å². The van der Waals surface area contributed by atoms with E-state index in [1.165, 1.54) is 11.9 Å². The lowest BCUT2D eigenvalue weighted by Crippen LogP contribution is -2.39. The molecule has 0 unspecified atom stereocenters. The van der Waals surface area contributed by atoms with Gasteiger partial charge in [0.25, 0.3) is 0 Å². The molecule has 1 aliphatic rings. The third-order valence-electron chi connectivity index (χ3n) is 5.32. The number of carbonyl (C=O) groups is 1. The van der Waals surface area contributed by atoms with Crippen molar-refractivity contribution in [2.24, 2.45) is 5.92 Å². The van der Waals surface area contributed by atoms with Crippen LogP contribution >= 0.6 is 11.9 Å². The highest BCUT2D eigenvalue weighted by Gasteiger charge is 2.27. The average molecular weight is 445 g/mol. The van der Waals surface area contributed by atoms with E-state index in [0.717, 1.165) is 73.7 Å². The molecular weight excluding hydrogens is 408 g/mol. The van der Waals surface area contributed by atoms with E-state index < -0.39 is 0 Å². The summed E-state index contributed by atoms with van der Waals surface area (Å²) < 4.78 is 8.15. The molecule has 0 radical (unpaired) electrons. The molecule has 0 spiro atoms. The number of hydrogen-bond donors (Lipinski definition) is 1. The van der Waals surface area contributed by atoms with Gasteiger partial charge in [0.05, 0.1) is 12.8 Å². The maximum Gasteiger partial charge on any atom is 0.233 e. The monoisotopic (exact) mass is 444 g/mol. The maximum absolute atomic E-state index is 12.2. The molecular formula is C24H36N4O2S. The number of piperidine rings is 1. The number of nitrogens with one attached hydrogen (secondary N) is 1. The van der Waals surface area contributed by atoms with Gasteiger partial charge in [-0.3, -0.25) is 9.78 Å².